The number of nitrogens with zero attached hydrogens (tertiary/aromatic N) is 2. The van der Waals surface area contributed by atoms with Gasteiger partial charge in [-0.05, 0) is 24.2 Å². The first-order valence-electron chi connectivity index (χ1n) is 8.78. The van der Waals surface area contributed by atoms with E-state index in [-0.39, 0.29) is 11.9 Å². The first-order valence-corrected chi connectivity index (χ1v) is 9.19. The fraction of sp³-hybridized carbons (Fsp3) is 0.500. The highest BCUT2D eigenvalue weighted by Gasteiger charge is 2.28. The van der Waals surface area contributed by atoms with Crippen molar-refractivity contribution in [3.8, 4) is 11.4 Å². The summed E-state index contributed by atoms with van der Waals surface area (Å²) < 4.78 is 7.33. The van der Waals surface area contributed by atoms with Crippen LogP contribution in [0.15, 0.2) is 24.3 Å². The minimum atomic E-state index is -0.0879. The van der Waals surface area contributed by atoms with Gasteiger partial charge in [-0.25, -0.2) is 4.68 Å². The van der Waals surface area contributed by atoms with Gasteiger partial charge in [-0.1, -0.05) is 31.2 Å². The van der Waals surface area contributed by atoms with Crippen LogP contribution < -0.4 is 4.90 Å². The quantitative estimate of drug-likeness (QED) is 0.627. The number of aromatic nitrogens is 3. The summed E-state index contributed by atoms with van der Waals surface area (Å²) in [6, 6.07) is 8.39. The van der Waals surface area contributed by atoms with Gasteiger partial charge in [0.25, 0.3) is 0 Å². The lowest BCUT2D eigenvalue weighted by Crippen LogP contribution is -3.12. The molecule has 1 fully saturated rings. The number of quaternary nitrogens is 1. The van der Waals surface area contributed by atoms with Crippen LogP contribution in [0.5, 0.6) is 0 Å². The van der Waals surface area contributed by atoms with Gasteiger partial charge in [-0.2, -0.15) is 4.98 Å². The highest BCUT2D eigenvalue weighted by Crippen LogP contribution is 2.16. The second-order valence-corrected chi connectivity index (χ2v) is 6.90. The maximum atomic E-state index is 11.6. The number of aryl methyl sites for hydroxylation is 1. The Morgan fingerprint density at radius 1 is 1.36 bits per heavy atom. The average Bonchev–Trinajstić information content (AvgIpc) is 3.02. The van der Waals surface area contributed by atoms with Gasteiger partial charge in [0.2, 0.25) is 4.77 Å². The van der Waals surface area contributed by atoms with E-state index in [1.807, 2.05) is 4.68 Å². The van der Waals surface area contributed by atoms with Crippen LogP contribution in [0.4, 0.5) is 0 Å². The Morgan fingerprint density at radius 3 is 2.64 bits per heavy atom. The van der Waals surface area contributed by atoms with E-state index in [2.05, 4.69) is 41.3 Å². The molecular formula is C18H25N4O2S+. The van der Waals surface area contributed by atoms with Crippen molar-refractivity contribution in [2.24, 2.45) is 5.92 Å². The number of nitrogens with one attached hydrogen (secondary N) is 2. The lowest BCUT2D eigenvalue weighted by Gasteiger charge is -2.27. The van der Waals surface area contributed by atoms with Crippen LogP contribution >= 0.6 is 12.2 Å². The van der Waals surface area contributed by atoms with E-state index >= 15 is 0 Å². The maximum Gasteiger partial charge on any atom is 0.309 e. The second-order valence-electron chi connectivity index (χ2n) is 6.54. The van der Waals surface area contributed by atoms with Crippen molar-refractivity contribution in [2.75, 3.05) is 20.2 Å². The molecule has 1 aliphatic heterocycles. The molecule has 0 radical (unpaired) electrons. The van der Waals surface area contributed by atoms with Crippen LogP contribution in [0.2, 0.25) is 0 Å². The molecule has 1 aliphatic rings. The minimum absolute atomic E-state index is 0.0381. The summed E-state index contributed by atoms with van der Waals surface area (Å²) in [6.07, 6.45) is 2.74. The van der Waals surface area contributed by atoms with Crippen molar-refractivity contribution in [2.45, 2.75) is 32.9 Å². The smallest absolute Gasteiger partial charge is 0.309 e. The molecule has 6 nitrogen and oxygen atoms in total. The van der Waals surface area contributed by atoms with Crippen molar-refractivity contribution in [1.82, 2.24) is 14.8 Å². The molecule has 0 bridgehead atoms. The van der Waals surface area contributed by atoms with Crippen LogP contribution in [0.1, 0.15) is 25.3 Å². The number of carbonyl (C=O) groups is 1. The number of esters is 1. The molecule has 2 aromatic rings. The zero-order chi connectivity index (χ0) is 17.8. The van der Waals surface area contributed by atoms with E-state index < -0.39 is 0 Å². The SMILES string of the molecule is CCc1ccc(-c2nc(=S)n(C[NH+]3CCC(C(=O)OC)CC3)[nH]2)cc1. The molecule has 0 aliphatic carbocycles. The third kappa shape index (κ3) is 4.16. The number of carbonyl (C=O) groups excluding carboxylic acids is 1. The van der Waals surface area contributed by atoms with Crippen molar-refractivity contribution < 1.29 is 14.4 Å². The van der Waals surface area contributed by atoms with Crippen LogP contribution in [0.3, 0.4) is 0 Å². The third-order valence-corrected chi connectivity index (χ3v) is 5.24. The van der Waals surface area contributed by atoms with Gasteiger partial charge in [0, 0.05) is 18.4 Å². The van der Waals surface area contributed by atoms with Gasteiger partial charge >= 0.3 is 5.97 Å². The lowest BCUT2D eigenvalue weighted by atomic mass is 9.97. The van der Waals surface area contributed by atoms with E-state index in [0.717, 1.165) is 50.4 Å². The summed E-state index contributed by atoms with van der Waals surface area (Å²) in [6.45, 7) is 4.75. The largest absolute Gasteiger partial charge is 0.469 e. The van der Waals surface area contributed by atoms with E-state index in [1.165, 1.54) is 17.6 Å². The number of rotatable bonds is 5. The molecular weight excluding hydrogens is 336 g/mol. The molecule has 134 valence electrons. The minimum Gasteiger partial charge on any atom is -0.469 e. The van der Waals surface area contributed by atoms with Gasteiger partial charge in [-0.3, -0.25) is 9.89 Å². The number of likely N-dealkylation sites (tertiary alicyclic amines) is 1. The Morgan fingerprint density at radius 2 is 2.04 bits per heavy atom. The van der Waals surface area contributed by atoms with Crippen molar-refractivity contribution in [1.29, 1.82) is 0 Å². The molecule has 1 saturated heterocycles. The van der Waals surface area contributed by atoms with Crippen molar-refractivity contribution >= 4 is 18.2 Å². The number of benzene rings is 1. The van der Waals surface area contributed by atoms with E-state index in [4.69, 9.17) is 17.0 Å². The van der Waals surface area contributed by atoms with Gasteiger partial charge in [0.05, 0.1) is 26.1 Å². The highest BCUT2D eigenvalue weighted by molar-refractivity contribution is 7.71. The number of ether oxygens (including phenoxy) is 1. The summed E-state index contributed by atoms with van der Waals surface area (Å²) in [7, 11) is 1.46. The number of methoxy groups -OCH3 is 1. The molecule has 1 aromatic carbocycles. The number of H-pyrrole nitrogens is 1. The monoisotopic (exact) mass is 361 g/mol. The fourth-order valence-electron chi connectivity index (χ4n) is 3.30. The first kappa shape index (κ1) is 17.8. The van der Waals surface area contributed by atoms with Crippen LogP contribution in [0.25, 0.3) is 11.4 Å². The molecule has 3 rings (SSSR count). The number of piperidine rings is 1. The molecule has 0 atom stereocenters. The third-order valence-electron chi connectivity index (χ3n) is 4.92. The van der Waals surface area contributed by atoms with Crippen molar-refractivity contribution in [3.05, 3.63) is 34.6 Å². The zero-order valence-corrected chi connectivity index (χ0v) is 15.6. The Hall–Kier alpha value is -1.99. The normalized spacial score (nSPS) is 20.4. The average molecular weight is 361 g/mol. The summed E-state index contributed by atoms with van der Waals surface area (Å²) in [5.41, 5.74) is 2.35. The van der Waals surface area contributed by atoms with Crippen LogP contribution in [-0.4, -0.2) is 40.9 Å². The number of hydrogen-bond donors (Lipinski definition) is 2. The zero-order valence-electron chi connectivity index (χ0n) is 14.7. The standard InChI is InChI=1S/C18H24N4O2S/c1-3-13-4-6-14(7-5-13)16-19-18(25)22(20-16)12-21-10-8-15(9-11-21)17(23)24-2/h4-7,15H,3,8-12H2,1-2H3,(H,19,20,25)/p+1. The summed E-state index contributed by atoms with van der Waals surface area (Å²) >= 11 is 5.41. The van der Waals surface area contributed by atoms with Gasteiger partial charge in [-0.15, -0.1) is 0 Å². The molecule has 7 heteroatoms. The topological polar surface area (TPSA) is 64.3 Å². The summed E-state index contributed by atoms with van der Waals surface area (Å²) in [4.78, 5) is 17.5. The Labute approximate surface area is 152 Å². The highest BCUT2D eigenvalue weighted by atomic mass is 32.1. The fourth-order valence-corrected chi connectivity index (χ4v) is 3.50. The summed E-state index contributed by atoms with van der Waals surface area (Å²) in [5, 5.41) is 3.32. The molecule has 0 saturated carbocycles. The number of hydrogen-bond acceptors (Lipinski definition) is 4. The maximum absolute atomic E-state index is 11.6. The first-order chi connectivity index (χ1) is 12.1. The van der Waals surface area contributed by atoms with Crippen LogP contribution in [-0.2, 0) is 22.6 Å². The molecule has 0 amide bonds. The molecule has 0 unspecified atom stereocenters. The Bertz CT molecular complexity index is 773. The molecule has 0 spiro atoms. The van der Waals surface area contributed by atoms with E-state index in [0.29, 0.717) is 4.77 Å². The lowest BCUT2D eigenvalue weighted by molar-refractivity contribution is -0.929. The van der Waals surface area contributed by atoms with Gasteiger partial charge in [0.1, 0.15) is 0 Å². The van der Waals surface area contributed by atoms with E-state index in [9.17, 15) is 4.79 Å². The molecule has 25 heavy (non-hydrogen) atoms. The van der Waals surface area contributed by atoms with Crippen molar-refractivity contribution in [3.63, 3.8) is 0 Å². The molecule has 2 heterocycles. The number of aromatic amines is 1. The van der Waals surface area contributed by atoms with Crippen LogP contribution in [0, 0.1) is 10.7 Å². The second kappa shape index (κ2) is 7.93. The van der Waals surface area contributed by atoms with E-state index in [1.54, 1.807) is 0 Å². The Kier molecular flexibility index (Phi) is 5.65. The Balaban J connectivity index is 1.65. The van der Waals surface area contributed by atoms with Gasteiger partial charge < -0.3 is 9.64 Å². The predicted molar refractivity (Wildman–Crippen MR) is 97.7 cm³/mol. The van der Waals surface area contributed by atoms with Gasteiger partial charge in [0.15, 0.2) is 12.5 Å². The predicted octanol–water partition coefficient (Wildman–Crippen LogP) is 1.60. The molecule has 2 N–H and O–H groups in total. The summed E-state index contributed by atoms with van der Waals surface area (Å²) in [5.74, 6) is 0.752. The molecule has 1 aromatic heterocycles.